The molecule has 30 heavy (non-hydrogen) atoms. The second-order valence-corrected chi connectivity index (χ2v) is 9.06. The summed E-state index contributed by atoms with van der Waals surface area (Å²) in [4.78, 5) is 36.9. The largest absolute Gasteiger partial charge is 0.349 e. The molecular weight excluding hydrogens is 410 g/mol. The molecule has 1 aromatic rings. The van der Waals surface area contributed by atoms with E-state index in [1.54, 1.807) is 0 Å². The van der Waals surface area contributed by atoms with Gasteiger partial charge in [-0.15, -0.1) is 0 Å². The summed E-state index contributed by atoms with van der Waals surface area (Å²) in [6.45, 7) is 6.73. The number of hydrogen-bond donors (Lipinski definition) is 2. The molecule has 3 aliphatic rings. The summed E-state index contributed by atoms with van der Waals surface area (Å²) in [5.74, 6) is 0.239. The van der Waals surface area contributed by atoms with Crippen LogP contribution >= 0.6 is 0 Å². The summed E-state index contributed by atoms with van der Waals surface area (Å²) in [6.07, 6.45) is 0. The third-order valence-electron chi connectivity index (χ3n) is 5.56. The number of H-pyrrole nitrogens is 1. The average molecular weight is 433 g/mol. The van der Waals surface area contributed by atoms with E-state index in [0.717, 1.165) is 16.6 Å². The van der Waals surface area contributed by atoms with E-state index in [4.69, 9.17) is 5.14 Å². The first-order valence-corrected chi connectivity index (χ1v) is 11.1. The lowest BCUT2D eigenvalue weighted by molar-refractivity contribution is 0.183. The highest BCUT2D eigenvalue weighted by Crippen LogP contribution is 2.23. The molecule has 1 aromatic carbocycles. The van der Waals surface area contributed by atoms with Gasteiger partial charge in [-0.3, -0.25) is 14.7 Å². The number of nitrogens with two attached hydrogens (primary N) is 1. The van der Waals surface area contributed by atoms with Gasteiger partial charge in [-0.2, -0.15) is 17.7 Å². The molecule has 0 unspecified atom stereocenters. The Balaban J connectivity index is 1.71. The van der Waals surface area contributed by atoms with Crippen molar-refractivity contribution in [1.82, 2.24) is 28.7 Å². The lowest BCUT2D eigenvalue weighted by Crippen LogP contribution is -2.51. The van der Waals surface area contributed by atoms with Gasteiger partial charge in [0.1, 0.15) is 0 Å². The normalized spacial score (nSPS) is 16.5. The Morgan fingerprint density at radius 2 is 1.70 bits per heavy atom. The number of aryl methyl sites for hydroxylation is 2. The Morgan fingerprint density at radius 1 is 1.03 bits per heavy atom. The number of aromatic amines is 1. The quantitative estimate of drug-likeness (QED) is 0.503. The molecule has 0 bridgehead atoms. The molecule has 3 aliphatic heterocycles. The van der Waals surface area contributed by atoms with E-state index in [1.165, 1.54) is 4.31 Å². The van der Waals surface area contributed by atoms with Crippen LogP contribution in [0.25, 0.3) is 22.6 Å². The zero-order valence-electron chi connectivity index (χ0n) is 16.8. The topological polar surface area (TPSA) is 147 Å². The van der Waals surface area contributed by atoms with Crippen LogP contribution in [-0.4, -0.2) is 69.9 Å². The zero-order chi connectivity index (χ0) is 21.6. The third kappa shape index (κ3) is 3.86. The minimum atomic E-state index is -3.68. The van der Waals surface area contributed by atoms with Crippen molar-refractivity contribution in [1.29, 1.82) is 0 Å². The molecule has 11 nitrogen and oxygen atoms in total. The van der Waals surface area contributed by atoms with E-state index in [-0.39, 0.29) is 11.5 Å². The lowest BCUT2D eigenvalue weighted by Gasteiger charge is -2.33. The first-order valence-electron chi connectivity index (χ1n) is 9.55. The number of nitrogens with zero attached hydrogens (tertiary/aromatic N) is 5. The maximum atomic E-state index is 12.3. The minimum Gasteiger partial charge on any atom is -0.321 e. The Hall–Kier alpha value is -2.67. The van der Waals surface area contributed by atoms with Crippen LogP contribution in [0.1, 0.15) is 11.1 Å². The van der Waals surface area contributed by atoms with Crippen LogP contribution in [0.2, 0.25) is 0 Å². The van der Waals surface area contributed by atoms with Gasteiger partial charge in [0, 0.05) is 39.3 Å². The van der Waals surface area contributed by atoms with E-state index in [2.05, 4.69) is 19.9 Å². The van der Waals surface area contributed by atoms with E-state index >= 15 is 0 Å². The molecule has 3 heterocycles. The number of piperazine rings is 1. The number of nitrogens with one attached hydrogen (secondary N) is 1. The standard InChI is InChI=1S/C18H23N7O4S/c1-11-9-13-14(10-12(11)2)25(16-15(20-13)17(26)22-18(27)21-16)8-5-23-3-6-24(7-4-23)30(19,28)29/h9-10H,3-8H2,1-2H3,(H2,19,28,29)(H,22,26,27). The van der Waals surface area contributed by atoms with Crippen molar-refractivity contribution >= 4 is 21.2 Å². The smallest absolute Gasteiger partial charge is 0.321 e. The molecule has 0 aromatic heterocycles. The van der Waals surface area contributed by atoms with Crippen molar-refractivity contribution in [3.8, 4) is 11.5 Å². The average Bonchev–Trinajstić information content (AvgIpc) is 2.67. The fourth-order valence-electron chi connectivity index (χ4n) is 3.73. The number of aromatic nitrogens is 4. The molecule has 1 saturated heterocycles. The van der Waals surface area contributed by atoms with Gasteiger partial charge in [-0.25, -0.2) is 14.9 Å². The fourth-order valence-corrected chi connectivity index (χ4v) is 4.40. The first kappa shape index (κ1) is 20.6. The predicted octanol–water partition coefficient (Wildman–Crippen LogP) is -0.977. The van der Waals surface area contributed by atoms with Gasteiger partial charge in [-0.1, -0.05) is 0 Å². The highest BCUT2D eigenvalue weighted by molar-refractivity contribution is 7.86. The van der Waals surface area contributed by atoms with Crippen LogP contribution in [0.3, 0.4) is 0 Å². The molecule has 160 valence electrons. The number of rotatable bonds is 4. The molecule has 0 radical (unpaired) electrons. The van der Waals surface area contributed by atoms with Crippen molar-refractivity contribution in [3.63, 3.8) is 0 Å². The monoisotopic (exact) mass is 433 g/mol. The molecule has 4 rings (SSSR count). The maximum Gasteiger partial charge on any atom is 0.349 e. The lowest BCUT2D eigenvalue weighted by atomic mass is 10.1. The molecule has 0 saturated carbocycles. The van der Waals surface area contributed by atoms with Gasteiger partial charge < -0.3 is 4.57 Å². The van der Waals surface area contributed by atoms with Crippen molar-refractivity contribution < 1.29 is 8.42 Å². The summed E-state index contributed by atoms with van der Waals surface area (Å²) in [5, 5.41) is 5.20. The van der Waals surface area contributed by atoms with Crippen molar-refractivity contribution in [2.45, 2.75) is 20.4 Å². The molecule has 0 aliphatic carbocycles. The molecule has 0 spiro atoms. The van der Waals surface area contributed by atoms with Crippen LogP contribution in [0.5, 0.6) is 0 Å². The Labute approximate surface area is 172 Å². The van der Waals surface area contributed by atoms with Crippen LogP contribution in [-0.2, 0) is 16.8 Å². The molecule has 3 N–H and O–H groups in total. The SMILES string of the molecule is Cc1cc2nc3c(=O)[nH]c(=O)nc-3n(CCN3CCN(S(N)(=O)=O)CC3)c2cc1C. The second-order valence-electron chi connectivity index (χ2n) is 7.52. The Bertz CT molecular complexity index is 1310. The number of fused-ring (bicyclic) bond motifs is 2. The number of hydrogen-bond acceptors (Lipinski definition) is 7. The second kappa shape index (κ2) is 7.54. The highest BCUT2D eigenvalue weighted by atomic mass is 32.2. The van der Waals surface area contributed by atoms with Gasteiger partial charge in [0.15, 0.2) is 11.5 Å². The first-order chi connectivity index (χ1) is 14.1. The summed E-state index contributed by atoms with van der Waals surface area (Å²) < 4.78 is 26.1. The van der Waals surface area contributed by atoms with Crippen LogP contribution in [0, 0.1) is 13.8 Å². The van der Waals surface area contributed by atoms with Gasteiger partial charge >= 0.3 is 5.69 Å². The molecule has 12 heteroatoms. The summed E-state index contributed by atoms with van der Waals surface area (Å²) in [7, 11) is -3.68. The zero-order valence-corrected chi connectivity index (χ0v) is 17.6. The highest BCUT2D eigenvalue weighted by Gasteiger charge is 2.25. The van der Waals surface area contributed by atoms with Crippen molar-refractivity contribution in [3.05, 3.63) is 44.1 Å². The summed E-state index contributed by atoms with van der Waals surface area (Å²) >= 11 is 0. The molecular formula is C18H23N7O4S. The van der Waals surface area contributed by atoms with E-state index < -0.39 is 21.5 Å². The summed E-state index contributed by atoms with van der Waals surface area (Å²) in [5.41, 5.74) is 2.37. The van der Waals surface area contributed by atoms with Crippen molar-refractivity contribution in [2.75, 3.05) is 32.7 Å². The van der Waals surface area contributed by atoms with Crippen LogP contribution < -0.4 is 16.4 Å². The number of benzene rings is 1. The Morgan fingerprint density at radius 3 is 2.37 bits per heavy atom. The molecule has 1 fully saturated rings. The van der Waals surface area contributed by atoms with E-state index in [0.29, 0.717) is 44.8 Å². The van der Waals surface area contributed by atoms with Gasteiger partial charge in [0.25, 0.3) is 15.8 Å². The van der Waals surface area contributed by atoms with Crippen LogP contribution in [0.15, 0.2) is 21.7 Å². The third-order valence-corrected chi connectivity index (χ3v) is 6.64. The van der Waals surface area contributed by atoms with E-state index in [9.17, 15) is 18.0 Å². The molecule has 0 atom stereocenters. The van der Waals surface area contributed by atoms with Crippen molar-refractivity contribution in [2.24, 2.45) is 5.14 Å². The predicted molar refractivity (Wildman–Crippen MR) is 112 cm³/mol. The van der Waals surface area contributed by atoms with Gasteiger partial charge in [0.05, 0.1) is 11.0 Å². The fraction of sp³-hybridized carbons (Fsp3) is 0.444. The van der Waals surface area contributed by atoms with Crippen LogP contribution in [0.4, 0.5) is 0 Å². The van der Waals surface area contributed by atoms with E-state index in [1.807, 2.05) is 30.5 Å². The minimum absolute atomic E-state index is 0.115. The molecule has 0 amide bonds. The summed E-state index contributed by atoms with van der Waals surface area (Å²) in [6, 6.07) is 3.89. The van der Waals surface area contributed by atoms with Gasteiger partial charge in [-0.05, 0) is 37.1 Å². The van der Waals surface area contributed by atoms with Gasteiger partial charge in [0.2, 0.25) is 0 Å². The maximum absolute atomic E-state index is 12.3. The Kier molecular flexibility index (Phi) is 5.18.